The molecule has 0 saturated heterocycles. The predicted molar refractivity (Wildman–Crippen MR) is 119 cm³/mol. The minimum atomic E-state index is -1.17. The molecule has 2 aromatic rings. The Morgan fingerprint density at radius 2 is 0.970 bits per heavy atom. The number of hydrogen-bond acceptors (Lipinski definition) is 8. The largest absolute Gasteiger partial charge is 0.462 e. The summed E-state index contributed by atoms with van der Waals surface area (Å²) in [6, 6.07) is 12.1. The van der Waals surface area contributed by atoms with Crippen molar-refractivity contribution in [2.24, 2.45) is 0 Å². The van der Waals surface area contributed by atoms with Crippen LogP contribution in [0.4, 0.5) is 0 Å². The molecule has 0 radical (unpaired) electrons. The Morgan fingerprint density at radius 3 is 1.36 bits per heavy atom. The number of carbonyl (C=O) groups is 4. The zero-order chi connectivity index (χ0) is 24.4. The van der Waals surface area contributed by atoms with Gasteiger partial charge in [0.2, 0.25) is 0 Å². The molecule has 0 bridgehead atoms. The molecule has 0 heterocycles. The van der Waals surface area contributed by atoms with Gasteiger partial charge < -0.3 is 18.9 Å². The third-order valence-corrected chi connectivity index (χ3v) is 4.62. The Kier molecular flexibility index (Phi) is 9.30. The Morgan fingerprint density at radius 1 is 0.606 bits per heavy atom. The lowest BCUT2D eigenvalue weighted by atomic mass is 9.96. The fourth-order valence-corrected chi connectivity index (χ4v) is 2.86. The monoisotopic (exact) mass is 456 g/mol. The van der Waals surface area contributed by atoms with Crippen LogP contribution in [0.1, 0.15) is 69.1 Å². The summed E-state index contributed by atoms with van der Waals surface area (Å²) in [5.41, 5.74) is 0.187. The second kappa shape index (κ2) is 11.9. The molecular formula is C25H28O8. The van der Waals surface area contributed by atoms with Gasteiger partial charge in [-0.05, 0) is 64.1 Å². The van der Waals surface area contributed by atoms with E-state index in [9.17, 15) is 19.2 Å². The summed E-state index contributed by atoms with van der Waals surface area (Å²) in [7, 11) is 0. The Balaban J connectivity index is 1.85. The fraction of sp³-hybridized carbons (Fsp3) is 0.360. The second-order valence-electron chi connectivity index (χ2n) is 7.42. The molecule has 0 aliphatic rings. The van der Waals surface area contributed by atoms with Crippen molar-refractivity contribution in [1.29, 1.82) is 0 Å². The summed E-state index contributed by atoms with van der Waals surface area (Å²) in [6.45, 7) is 7.14. The van der Waals surface area contributed by atoms with Crippen molar-refractivity contribution in [2.75, 3.05) is 26.4 Å². The summed E-state index contributed by atoms with van der Waals surface area (Å²) >= 11 is 0. The van der Waals surface area contributed by atoms with Crippen LogP contribution in [0.15, 0.2) is 48.5 Å². The van der Waals surface area contributed by atoms with E-state index in [1.165, 1.54) is 36.4 Å². The molecule has 0 fully saturated rings. The highest BCUT2D eigenvalue weighted by Crippen LogP contribution is 2.18. The topological polar surface area (TPSA) is 105 Å². The van der Waals surface area contributed by atoms with E-state index in [2.05, 4.69) is 0 Å². The van der Waals surface area contributed by atoms with Crippen molar-refractivity contribution in [3.63, 3.8) is 0 Å². The van der Waals surface area contributed by atoms with Gasteiger partial charge >= 0.3 is 17.9 Å². The van der Waals surface area contributed by atoms with Crippen LogP contribution in [-0.4, -0.2) is 55.7 Å². The van der Waals surface area contributed by atoms with Crippen LogP contribution < -0.4 is 0 Å². The first kappa shape index (κ1) is 25.7. The molecule has 0 saturated carbocycles. The first-order chi connectivity index (χ1) is 15.7. The molecule has 8 heteroatoms. The van der Waals surface area contributed by atoms with Gasteiger partial charge in [-0.2, -0.15) is 0 Å². The van der Waals surface area contributed by atoms with Gasteiger partial charge in [-0.15, -0.1) is 0 Å². The smallest absolute Gasteiger partial charge is 0.338 e. The Hall–Kier alpha value is -3.52. The van der Waals surface area contributed by atoms with Crippen molar-refractivity contribution in [3.05, 3.63) is 70.8 Å². The van der Waals surface area contributed by atoms with Gasteiger partial charge in [0.15, 0.2) is 5.78 Å². The van der Waals surface area contributed by atoms with Gasteiger partial charge in [0, 0.05) is 5.56 Å². The third-order valence-electron chi connectivity index (χ3n) is 4.62. The van der Waals surface area contributed by atoms with Gasteiger partial charge in [-0.3, -0.25) is 4.79 Å². The van der Waals surface area contributed by atoms with Crippen molar-refractivity contribution in [1.82, 2.24) is 0 Å². The predicted octanol–water partition coefficient (Wildman–Crippen LogP) is 3.87. The van der Waals surface area contributed by atoms with Crippen LogP contribution in [0.25, 0.3) is 0 Å². The second-order valence-corrected chi connectivity index (χ2v) is 7.42. The highest BCUT2D eigenvalue weighted by molar-refractivity contribution is 6.02. The normalized spacial score (nSPS) is 10.9. The molecule has 8 nitrogen and oxygen atoms in total. The maximum Gasteiger partial charge on any atom is 0.338 e. The van der Waals surface area contributed by atoms with Crippen LogP contribution in [0.5, 0.6) is 0 Å². The zero-order valence-electron chi connectivity index (χ0n) is 19.2. The van der Waals surface area contributed by atoms with Crippen molar-refractivity contribution < 1.29 is 38.1 Å². The van der Waals surface area contributed by atoms with Crippen molar-refractivity contribution in [3.8, 4) is 0 Å². The number of esters is 3. The minimum Gasteiger partial charge on any atom is -0.462 e. The molecule has 0 aromatic heterocycles. The Bertz CT molecular complexity index is 974. The number of ether oxygens (including phenoxy) is 4. The lowest BCUT2D eigenvalue weighted by Gasteiger charge is -2.24. The van der Waals surface area contributed by atoms with Crippen LogP contribution in [-0.2, 0) is 18.9 Å². The molecule has 0 amide bonds. The number of rotatable bonds is 11. The van der Waals surface area contributed by atoms with Gasteiger partial charge in [0.1, 0.15) is 12.2 Å². The first-order valence-corrected chi connectivity index (χ1v) is 10.6. The fourth-order valence-electron chi connectivity index (χ4n) is 2.86. The molecule has 2 rings (SSSR count). The molecule has 0 spiro atoms. The number of carbonyl (C=O) groups excluding carboxylic acids is 4. The SMILES string of the molecule is CCOC(=O)c1ccc(C(=O)OCCOC(C)(C)C(=O)c2ccc(C(=O)OCC)cc2)cc1. The van der Waals surface area contributed by atoms with Gasteiger partial charge in [0.25, 0.3) is 0 Å². The molecule has 176 valence electrons. The molecule has 0 aliphatic heterocycles. The molecule has 33 heavy (non-hydrogen) atoms. The van der Waals surface area contributed by atoms with E-state index in [1.54, 1.807) is 39.8 Å². The van der Waals surface area contributed by atoms with Crippen LogP contribution in [0, 0.1) is 0 Å². The lowest BCUT2D eigenvalue weighted by molar-refractivity contribution is -0.0244. The molecule has 2 aromatic carbocycles. The summed E-state index contributed by atoms with van der Waals surface area (Å²) in [4.78, 5) is 48.3. The molecule has 0 atom stereocenters. The van der Waals surface area contributed by atoms with Gasteiger partial charge in [-0.1, -0.05) is 12.1 Å². The van der Waals surface area contributed by atoms with E-state index in [1.807, 2.05) is 0 Å². The van der Waals surface area contributed by atoms with Gasteiger partial charge in [-0.25, -0.2) is 14.4 Å². The van der Waals surface area contributed by atoms with E-state index in [4.69, 9.17) is 18.9 Å². The maximum absolute atomic E-state index is 12.8. The number of hydrogen-bond donors (Lipinski definition) is 0. The zero-order valence-corrected chi connectivity index (χ0v) is 19.2. The molecule has 0 N–H and O–H groups in total. The average molecular weight is 456 g/mol. The summed E-state index contributed by atoms with van der Waals surface area (Å²) in [5, 5.41) is 0. The first-order valence-electron chi connectivity index (χ1n) is 10.6. The van der Waals surface area contributed by atoms with E-state index in [-0.39, 0.29) is 37.8 Å². The highest BCUT2D eigenvalue weighted by Gasteiger charge is 2.29. The average Bonchev–Trinajstić information content (AvgIpc) is 2.81. The minimum absolute atomic E-state index is 0.00625. The molecule has 0 unspecified atom stereocenters. The summed E-state index contributed by atoms with van der Waals surface area (Å²) in [5.74, 6) is -1.77. The Labute approximate surface area is 192 Å². The molecule has 0 aliphatic carbocycles. The van der Waals surface area contributed by atoms with Crippen LogP contribution in [0.3, 0.4) is 0 Å². The van der Waals surface area contributed by atoms with Crippen molar-refractivity contribution >= 4 is 23.7 Å². The van der Waals surface area contributed by atoms with E-state index < -0.39 is 23.5 Å². The summed E-state index contributed by atoms with van der Waals surface area (Å²) in [6.07, 6.45) is 0. The van der Waals surface area contributed by atoms with E-state index >= 15 is 0 Å². The van der Waals surface area contributed by atoms with E-state index in [0.717, 1.165) is 0 Å². The molecular weight excluding hydrogens is 428 g/mol. The summed E-state index contributed by atoms with van der Waals surface area (Å²) < 4.78 is 20.7. The third kappa shape index (κ3) is 7.25. The van der Waals surface area contributed by atoms with Crippen LogP contribution in [0.2, 0.25) is 0 Å². The standard InChI is InChI=1S/C25H28O8/c1-5-30-22(27)18-9-7-17(8-10-18)21(26)25(3,4)33-16-15-32-24(29)20-13-11-19(12-14-20)23(28)31-6-2/h7-14H,5-6,15-16H2,1-4H3. The van der Waals surface area contributed by atoms with Gasteiger partial charge in [0.05, 0.1) is 36.5 Å². The van der Waals surface area contributed by atoms with Crippen LogP contribution >= 0.6 is 0 Å². The quantitative estimate of drug-likeness (QED) is 0.217. The number of Topliss-reactive ketones (excluding diaryl/α,β-unsaturated/α-hetero) is 1. The number of benzene rings is 2. The highest BCUT2D eigenvalue weighted by atomic mass is 16.6. The number of ketones is 1. The van der Waals surface area contributed by atoms with Crippen molar-refractivity contribution in [2.45, 2.75) is 33.3 Å². The van der Waals surface area contributed by atoms with E-state index in [0.29, 0.717) is 16.7 Å². The lowest BCUT2D eigenvalue weighted by Crippen LogP contribution is -2.36. The maximum atomic E-state index is 12.8.